The summed E-state index contributed by atoms with van der Waals surface area (Å²) in [6.45, 7) is 5.44. The van der Waals surface area contributed by atoms with E-state index in [9.17, 15) is 14.4 Å². The second-order valence-electron chi connectivity index (χ2n) is 6.78. The molecule has 0 fully saturated rings. The van der Waals surface area contributed by atoms with Crippen molar-refractivity contribution < 1.29 is 14.3 Å². The van der Waals surface area contributed by atoms with Crippen molar-refractivity contribution in [1.29, 1.82) is 0 Å². The van der Waals surface area contributed by atoms with E-state index in [4.69, 9.17) is 4.74 Å². The first-order valence-corrected chi connectivity index (χ1v) is 9.48. The molecule has 0 radical (unpaired) electrons. The summed E-state index contributed by atoms with van der Waals surface area (Å²) in [5.74, 6) is -1.08. The van der Waals surface area contributed by atoms with E-state index in [1.807, 2.05) is 44.2 Å². The minimum absolute atomic E-state index is 0.0191. The lowest BCUT2D eigenvalue weighted by atomic mass is 10.1. The number of nitrogens with zero attached hydrogens (tertiary/aromatic N) is 3. The maximum Gasteiger partial charge on any atom is 0.359 e. The Kier molecular flexibility index (Phi) is 6.07. The summed E-state index contributed by atoms with van der Waals surface area (Å²) in [4.78, 5) is 39.4. The number of aromatic nitrogens is 2. The van der Waals surface area contributed by atoms with Crippen LogP contribution in [-0.2, 0) is 16.1 Å². The highest BCUT2D eigenvalue weighted by molar-refractivity contribution is 6.03. The predicted molar refractivity (Wildman–Crippen MR) is 111 cm³/mol. The van der Waals surface area contributed by atoms with Gasteiger partial charge in [-0.3, -0.25) is 9.59 Å². The van der Waals surface area contributed by atoms with E-state index in [0.29, 0.717) is 17.3 Å². The number of anilines is 1. The van der Waals surface area contributed by atoms with Crippen molar-refractivity contribution in [2.75, 3.05) is 11.5 Å². The van der Waals surface area contributed by atoms with E-state index < -0.39 is 12.6 Å². The van der Waals surface area contributed by atoms with Crippen molar-refractivity contribution in [3.8, 4) is 0 Å². The molecule has 0 saturated carbocycles. The van der Waals surface area contributed by atoms with Crippen LogP contribution in [0.25, 0.3) is 10.8 Å². The lowest BCUT2D eigenvalue weighted by Gasteiger charge is -2.26. The number of carbonyl (C=O) groups is 2. The highest BCUT2D eigenvalue weighted by Crippen LogP contribution is 2.18. The van der Waals surface area contributed by atoms with Gasteiger partial charge in [0.05, 0.1) is 5.39 Å². The zero-order valence-electron chi connectivity index (χ0n) is 16.7. The van der Waals surface area contributed by atoms with Crippen LogP contribution in [0.1, 0.15) is 31.3 Å². The molecule has 2 aromatic carbocycles. The van der Waals surface area contributed by atoms with Gasteiger partial charge in [0, 0.05) is 23.7 Å². The summed E-state index contributed by atoms with van der Waals surface area (Å²) in [6.07, 6.45) is 0. The molecule has 3 aromatic rings. The molecule has 29 heavy (non-hydrogen) atoms. The zero-order chi connectivity index (χ0) is 21.0. The largest absolute Gasteiger partial charge is 0.451 e. The number of carbonyl (C=O) groups excluding carboxylic acids is 2. The van der Waals surface area contributed by atoms with Crippen LogP contribution < -0.4 is 10.5 Å². The molecule has 0 unspecified atom stereocenters. The van der Waals surface area contributed by atoms with Crippen molar-refractivity contribution in [1.82, 2.24) is 9.78 Å². The zero-order valence-corrected chi connectivity index (χ0v) is 16.7. The standard InChI is InChI=1S/C22H23N3O4/c1-4-24-21(27)18-13-9-8-12-17(18)20(23-24)22(28)29-14-19(26)25(15(2)3)16-10-6-5-7-11-16/h5-13,15H,4,14H2,1-3H3. The topological polar surface area (TPSA) is 81.5 Å². The highest BCUT2D eigenvalue weighted by atomic mass is 16.5. The summed E-state index contributed by atoms with van der Waals surface area (Å²) >= 11 is 0. The number of rotatable bonds is 6. The van der Waals surface area contributed by atoms with E-state index in [2.05, 4.69) is 5.10 Å². The number of hydrogen-bond acceptors (Lipinski definition) is 5. The molecule has 0 spiro atoms. The molecule has 7 heteroatoms. The first-order chi connectivity index (χ1) is 13.9. The molecule has 1 amide bonds. The Morgan fingerprint density at radius 2 is 1.66 bits per heavy atom. The number of fused-ring (bicyclic) bond motifs is 1. The Hall–Kier alpha value is -3.48. The smallest absolute Gasteiger partial charge is 0.359 e. The monoisotopic (exact) mass is 393 g/mol. The van der Waals surface area contributed by atoms with Crippen LogP contribution in [0.4, 0.5) is 5.69 Å². The van der Waals surface area contributed by atoms with Crippen molar-refractivity contribution in [2.45, 2.75) is 33.4 Å². The molecule has 0 atom stereocenters. The molecule has 3 rings (SSSR count). The lowest BCUT2D eigenvalue weighted by Crippen LogP contribution is -2.40. The molecule has 150 valence electrons. The number of benzene rings is 2. The third-order valence-corrected chi connectivity index (χ3v) is 4.51. The quantitative estimate of drug-likeness (QED) is 0.602. The van der Waals surface area contributed by atoms with E-state index in [0.717, 1.165) is 5.69 Å². The van der Waals surface area contributed by atoms with Gasteiger partial charge in [-0.25, -0.2) is 9.48 Å². The molecular formula is C22H23N3O4. The molecule has 0 aliphatic heterocycles. The molecule has 0 saturated heterocycles. The van der Waals surface area contributed by atoms with Gasteiger partial charge in [0.15, 0.2) is 12.3 Å². The number of aryl methyl sites for hydroxylation is 1. The first-order valence-electron chi connectivity index (χ1n) is 9.48. The number of amides is 1. The van der Waals surface area contributed by atoms with Crippen LogP contribution in [0.5, 0.6) is 0 Å². The molecule has 0 aliphatic rings. The number of para-hydroxylation sites is 1. The van der Waals surface area contributed by atoms with Crippen LogP contribution in [0.3, 0.4) is 0 Å². The first kappa shape index (κ1) is 20.3. The van der Waals surface area contributed by atoms with Crippen LogP contribution in [0.15, 0.2) is 59.4 Å². The summed E-state index contributed by atoms with van der Waals surface area (Å²) in [5.41, 5.74) is 0.475. The van der Waals surface area contributed by atoms with E-state index >= 15 is 0 Å². The normalized spacial score (nSPS) is 10.9. The Labute approximate surface area is 168 Å². The van der Waals surface area contributed by atoms with Gasteiger partial charge in [0.2, 0.25) is 0 Å². The molecule has 0 aliphatic carbocycles. The fourth-order valence-electron chi connectivity index (χ4n) is 3.18. The van der Waals surface area contributed by atoms with Crippen molar-refractivity contribution >= 4 is 28.3 Å². The minimum atomic E-state index is -0.742. The third kappa shape index (κ3) is 4.18. The second kappa shape index (κ2) is 8.68. The number of esters is 1. The third-order valence-electron chi connectivity index (χ3n) is 4.51. The van der Waals surface area contributed by atoms with Crippen LogP contribution >= 0.6 is 0 Å². The number of ether oxygens (including phenoxy) is 1. The maximum atomic E-state index is 12.7. The molecule has 1 aromatic heterocycles. The average molecular weight is 393 g/mol. The molecular weight excluding hydrogens is 370 g/mol. The highest BCUT2D eigenvalue weighted by Gasteiger charge is 2.23. The van der Waals surface area contributed by atoms with Crippen LogP contribution in [-0.4, -0.2) is 34.3 Å². The van der Waals surface area contributed by atoms with Gasteiger partial charge in [-0.05, 0) is 39.0 Å². The lowest BCUT2D eigenvalue weighted by molar-refractivity contribution is -0.122. The molecule has 0 N–H and O–H groups in total. The Balaban J connectivity index is 1.85. The summed E-state index contributed by atoms with van der Waals surface area (Å²) < 4.78 is 6.50. The van der Waals surface area contributed by atoms with Crippen molar-refractivity contribution in [3.05, 3.63) is 70.6 Å². The Morgan fingerprint density at radius 3 is 2.28 bits per heavy atom. The van der Waals surface area contributed by atoms with Gasteiger partial charge in [-0.2, -0.15) is 5.10 Å². The molecule has 0 bridgehead atoms. The SMILES string of the molecule is CCn1nc(C(=O)OCC(=O)N(c2ccccc2)C(C)C)c2ccccc2c1=O. The van der Waals surface area contributed by atoms with Gasteiger partial charge in [0.1, 0.15) is 0 Å². The van der Waals surface area contributed by atoms with Gasteiger partial charge in [-0.15, -0.1) is 0 Å². The summed E-state index contributed by atoms with van der Waals surface area (Å²) in [6, 6.07) is 15.8. The minimum Gasteiger partial charge on any atom is -0.451 e. The van der Waals surface area contributed by atoms with Gasteiger partial charge in [-0.1, -0.05) is 36.4 Å². The number of hydrogen-bond donors (Lipinski definition) is 0. The fourth-order valence-corrected chi connectivity index (χ4v) is 3.18. The van der Waals surface area contributed by atoms with Crippen molar-refractivity contribution in [2.24, 2.45) is 0 Å². The van der Waals surface area contributed by atoms with E-state index in [1.54, 1.807) is 36.1 Å². The van der Waals surface area contributed by atoms with Crippen molar-refractivity contribution in [3.63, 3.8) is 0 Å². The Bertz CT molecular complexity index is 1090. The second-order valence-corrected chi connectivity index (χ2v) is 6.78. The van der Waals surface area contributed by atoms with Gasteiger partial charge >= 0.3 is 5.97 Å². The maximum absolute atomic E-state index is 12.7. The molecule has 1 heterocycles. The van der Waals surface area contributed by atoms with Gasteiger partial charge < -0.3 is 9.64 Å². The van der Waals surface area contributed by atoms with E-state index in [1.165, 1.54) is 4.68 Å². The predicted octanol–water partition coefficient (Wildman–Crippen LogP) is 3.01. The fraction of sp³-hybridized carbons (Fsp3) is 0.273. The van der Waals surface area contributed by atoms with Gasteiger partial charge in [0.25, 0.3) is 11.5 Å². The van der Waals surface area contributed by atoms with Crippen LogP contribution in [0.2, 0.25) is 0 Å². The Morgan fingerprint density at radius 1 is 1.03 bits per heavy atom. The summed E-state index contributed by atoms with van der Waals surface area (Å²) in [7, 11) is 0. The van der Waals surface area contributed by atoms with Crippen LogP contribution in [0, 0.1) is 0 Å². The van der Waals surface area contributed by atoms with E-state index in [-0.39, 0.29) is 23.2 Å². The molecule has 7 nitrogen and oxygen atoms in total. The average Bonchev–Trinajstić information content (AvgIpc) is 2.73. The summed E-state index contributed by atoms with van der Waals surface area (Å²) in [5, 5.41) is 4.93.